The molecule has 212 valence electrons. The number of hydrogen-bond donors (Lipinski definition) is 0. The maximum absolute atomic E-state index is 12.6. The predicted molar refractivity (Wildman–Crippen MR) is 165 cm³/mol. The third-order valence-electron chi connectivity index (χ3n) is 7.96. The fraction of sp³-hybridized carbons (Fsp3) is 0.294. The molecule has 0 atom stereocenters. The summed E-state index contributed by atoms with van der Waals surface area (Å²) in [5, 5.41) is 0. The Morgan fingerprint density at radius 2 is 0.780 bits per heavy atom. The number of aryl methyl sites for hydroxylation is 4. The van der Waals surface area contributed by atoms with Gasteiger partial charge in [0.1, 0.15) is 0 Å². The summed E-state index contributed by atoms with van der Waals surface area (Å²) in [6, 6.07) is 33.7. The van der Waals surface area contributed by atoms with Crippen LogP contribution in [-0.4, -0.2) is 34.7 Å². The summed E-state index contributed by atoms with van der Waals surface area (Å²) in [7, 11) is -4.08. The summed E-state index contributed by atoms with van der Waals surface area (Å²) >= 11 is 0. The highest BCUT2D eigenvalue weighted by Gasteiger charge is 2.22. The molecule has 0 N–H and O–H groups in total. The highest BCUT2D eigenvalue weighted by molar-refractivity contribution is 7.81. The van der Waals surface area contributed by atoms with E-state index >= 15 is 0 Å². The average molecular weight is 569 g/mol. The van der Waals surface area contributed by atoms with Gasteiger partial charge in [0.2, 0.25) is 0 Å². The van der Waals surface area contributed by atoms with Crippen molar-refractivity contribution in [2.24, 2.45) is 0 Å². The van der Waals surface area contributed by atoms with Gasteiger partial charge in [-0.15, -0.1) is 0 Å². The van der Waals surface area contributed by atoms with E-state index < -0.39 is 10.4 Å². The van der Waals surface area contributed by atoms with Crippen LogP contribution < -0.4 is 9.80 Å². The van der Waals surface area contributed by atoms with Gasteiger partial charge in [0.05, 0.1) is 13.2 Å². The second-order valence-corrected chi connectivity index (χ2v) is 11.9. The first-order valence-corrected chi connectivity index (χ1v) is 15.8. The predicted octanol–water partition coefficient (Wildman–Crippen LogP) is 6.92. The van der Waals surface area contributed by atoms with Gasteiger partial charge in [-0.2, -0.15) is 8.42 Å². The van der Waals surface area contributed by atoms with Gasteiger partial charge < -0.3 is 9.80 Å². The van der Waals surface area contributed by atoms with E-state index in [1.807, 2.05) is 0 Å². The molecule has 2 aliphatic rings. The molecule has 0 saturated heterocycles. The van der Waals surface area contributed by atoms with Crippen LogP contribution in [0, 0.1) is 0 Å². The molecule has 0 bridgehead atoms. The summed E-state index contributed by atoms with van der Waals surface area (Å²) in [5.41, 5.74) is 9.90. The van der Waals surface area contributed by atoms with Crippen LogP contribution in [0.15, 0.2) is 97.1 Å². The Bertz CT molecular complexity index is 1400. The third-order valence-corrected chi connectivity index (χ3v) is 8.88. The van der Waals surface area contributed by atoms with Crippen LogP contribution in [0.2, 0.25) is 0 Å². The largest absolute Gasteiger partial charge is 0.399 e. The molecular weight excluding hydrogens is 532 g/mol. The normalized spacial score (nSPS) is 14.3. The SMILES string of the molecule is O=S(=O)(OCCCN1c2ccccc2CCc2ccccc21)OCCCN1c2ccccc2CCc2ccccc21. The van der Waals surface area contributed by atoms with Crippen molar-refractivity contribution < 1.29 is 16.8 Å². The highest BCUT2D eigenvalue weighted by Crippen LogP contribution is 2.37. The van der Waals surface area contributed by atoms with E-state index in [-0.39, 0.29) is 13.2 Å². The van der Waals surface area contributed by atoms with Crippen LogP contribution in [0.4, 0.5) is 22.7 Å². The summed E-state index contributed by atoms with van der Waals surface area (Å²) in [6.45, 7) is 1.43. The molecule has 0 spiro atoms. The molecule has 2 aliphatic heterocycles. The maximum Gasteiger partial charge on any atom is 0.399 e. The topological polar surface area (TPSA) is 59.1 Å². The third kappa shape index (κ3) is 6.32. The van der Waals surface area contributed by atoms with E-state index in [4.69, 9.17) is 8.37 Å². The lowest BCUT2D eigenvalue weighted by Crippen LogP contribution is -2.23. The lowest BCUT2D eigenvalue weighted by atomic mass is 10.0. The van der Waals surface area contributed by atoms with Crippen molar-refractivity contribution in [3.8, 4) is 0 Å². The number of para-hydroxylation sites is 4. The average Bonchev–Trinajstić information content (AvgIpc) is 3.26. The molecule has 0 amide bonds. The van der Waals surface area contributed by atoms with Gasteiger partial charge in [0.25, 0.3) is 0 Å². The van der Waals surface area contributed by atoms with E-state index in [1.54, 1.807) is 0 Å². The van der Waals surface area contributed by atoms with Crippen LogP contribution in [-0.2, 0) is 44.4 Å². The molecule has 0 fully saturated rings. The van der Waals surface area contributed by atoms with E-state index in [9.17, 15) is 8.42 Å². The Labute approximate surface area is 243 Å². The Kier molecular flexibility index (Phi) is 8.37. The lowest BCUT2D eigenvalue weighted by Gasteiger charge is -2.27. The zero-order valence-corrected chi connectivity index (χ0v) is 24.1. The lowest BCUT2D eigenvalue weighted by molar-refractivity contribution is 0.212. The Morgan fingerprint density at radius 1 is 0.488 bits per heavy atom. The number of fused-ring (bicyclic) bond motifs is 4. The quantitative estimate of drug-likeness (QED) is 0.194. The van der Waals surface area contributed by atoms with Gasteiger partial charge >= 0.3 is 10.4 Å². The number of rotatable bonds is 10. The molecule has 4 aromatic carbocycles. The van der Waals surface area contributed by atoms with Gasteiger partial charge in [-0.25, -0.2) is 8.37 Å². The number of hydrogen-bond acceptors (Lipinski definition) is 6. The fourth-order valence-electron chi connectivity index (χ4n) is 6.02. The standard InChI is InChI=1S/C34H36N2O4S/c37-41(38,39-25-9-23-35-31-15-5-1-11-27(31)19-20-28-12-2-6-16-32(28)35)40-26-10-24-36-33-17-7-3-13-29(33)21-22-30-14-4-8-18-34(30)36/h1-8,11-18H,9-10,19-26H2. The minimum Gasteiger partial charge on any atom is -0.341 e. The molecule has 6 nitrogen and oxygen atoms in total. The Morgan fingerprint density at radius 3 is 1.10 bits per heavy atom. The smallest absolute Gasteiger partial charge is 0.341 e. The molecular formula is C34H36N2O4S. The highest BCUT2D eigenvalue weighted by atomic mass is 32.3. The van der Waals surface area contributed by atoms with Crippen LogP contribution in [0.5, 0.6) is 0 Å². The molecule has 0 aromatic heterocycles. The van der Waals surface area contributed by atoms with Crippen LogP contribution >= 0.6 is 0 Å². The molecule has 0 saturated carbocycles. The van der Waals surface area contributed by atoms with Crippen molar-refractivity contribution in [3.63, 3.8) is 0 Å². The summed E-state index contributed by atoms with van der Waals surface area (Å²) < 4.78 is 35.7. The van der Waals surface area contributed by atoms with Crippen molar-refractivity contribution in [1.29, 1.82) is 0 Å². The molecule has 4 aromatic rings. The van der Waals surface area contributed by atoms with Gasteiger partial charge in [-0.05, 0) is 85.0 Å². The number of anilines is 4. The van der Waals surface area contributed by atoms with E-state index in [2.05, 4.69) is 107 Å². The monoisotopic (exact) mass is 568 g/mol. The molecule has 0 aliphatic carbocycles. The Balaban J connectivity index is 1.03. The van der Waals surface area contributed by atoms with Crippen LogP contribution in [0.25, 0.3) is 0 Å². The minimum atomic E-state index is -4.08. The maximum atomic E-state index is 12.6. The van der Waals surface area contributed by atoms with E-state index in [1.165, 1.54) is 45.0 Å². The first-order chi connectivity index (χ1) is 20.1. The van der Waals surface area contributed by atoms with Gasteiger partial charge in [0, 0.05) is 35.8 Å². The zero-order valence-electron chi connectivity index (χ0n) is 23.2. The first kappa shape index (κ1) is 27.5. The van der Waals surface area contributed by atoms with Crippen molar-refractivity contribution >= 4 is 33.1 Å². The van der Waals surface area contributed by atoms with Crippen molar-refractivity contribution in [1.82, 2.24) is 0 Å². The summed E-state index contributed by atoms with van der Waals surface area (Å²) in [6.07, 6.45) is 5.03. The Hall–Kier alpha value is -3.65. The first-order valence-electron chi connectivity index (χ1n) is 14.5. The van der Waals surface area contributed by atoms with E-state index in [0.29, 0.717) is 25.9 Å². The van der Waals surface area contributed by atoms with E-state index in [0.717, 1.165) is 25.7 Å². The van der Waals surface area contributed by atoms with Gasteiger partial charge in [-0.1, -0.05) is 72.8 Å². The molecule has 6 rings (SSSR count). The van der Waals surface area contributed by atoms with Crippen LogP contribution in [0.3, 0.4) is 0 Å². The molecule has 0 unspecified atom stereocenters. The van der Waals surface area contributed by atoms with Crippen molar-refractivity contribution in [2.75, 3.05) is 36.1 Å². The molecule has 2 heterocycles. The summed E-state index contributed by atoms with van der Waals surface area (Å²) in [4.78, 5) is 4.57. The number of nitrogens with zero attached hydrogens (tertiary/aromatic N) is 2. The molecule has 0 radical (unpaired) electrons. The fourth-order valence-corrected chi connectivity index (χ4v) is 6.74. The van der Waals surface area contributed by atoms with Gasteiger partial charge in [-0.3, -0.25) is 0 Å². The molecule has 7 heteroatoms. The van der Waals surface area contributed by atoms with Gasteiger partial charge in [0.15, 0.2) is 0 Å². The summed E-state index contributed by atoms with van der Waals surface area (Å²) in [5.74, 6) is 0. The van der Waals surface area contributed by atoms with Crippen molar-refractivity contribution in [3.05, 3.63) is 119 Å². The second-order valence-electron chi connectivity index (χ2n) is 10.6. The minimum absolute atomic E-state index is 0.0655. The van der Waals surface area contributed by atoms with Crippen LogP contribution in [0.1, 0.15) is 35.1 Å². The second kappa shape index (κ2) is 12.5. The zero-order chi connectivity index (χ0) is 28.1. The van der Waals surface area contributed by atoms with Crippen molar-refractivity contribution in [2.45, 2.75) is 38.5 Å². The molecule has 41 heavy (non-hydrogen) atoms. The number of benzene rings is 4.